The number of rotatable bonds is 7. The van der Waals surface area contributed by atoms with Crippen molar-refractivity contribution in [3.63, 3.8) is 0 Å². The fraction of sp³-hybridized carbons (Fsp3) is 0.350. The summed E-state index contributed by atoms with van der Waals surface area (Å²) < 4.78 is 0.236. The molecule has 2 rings (SSSR count). The molecular formula is C20H23IO4. The van der Waals surface area contributed by atoms with Crippen LogP contribution in [0.15, 0.2) is 30.3 Å². The molecule has 4 nitrogen and oxygen atoms in total. The number of phenols is 3. The summed E-state index contributed by atoms with van der Waals surface area (Å²) in [5.74, 6) is -0.0595. The van der Waals surface area contributed by atoms with Crippen LogP contribution in [0.5, 0.6) is 17.2 Å². The molecule has 2 aromatic carbocycles. The topological polar surface area (TPSA) is 77.8 Å². The Morgan fingerprint density at radius 2 is 1.72 bits per heavy atom. The molecule has 0 fully saturated rings. The lowest BCUT2D eigenvalue weighted by atomic mass is 9.96. The molecule has 0 aromatic heterocycles. The Morgan fingerprint density at radius 1 is 1.08 bits per heavy atom. The van der Waals surface area contributed by atoms with E-state index in [-0.39, 0.29) is 27.6 Å². The van der Waals surface area contributed by atoms with Gasteiger partial charge in [-0.1, -0.05) is 48.1 Å². The summed E-state index contributed by atoms with van der Waals surface area (Å²) >= 11 is 2.34. The highest BCUT2D eigenvalue weighted by molar-refractivity contribution is 14.1. The van der Waals surface area contributed by atoms with Crippen molar-refractivity contribution < 1.29 is 20.1 Å². The molecule has 134 valence electrons. The van der Waals surface area contributed by atoms with E-state index in [4.69, 9.17) is 0 Å². The van der Waals surface area contributed by atoms with Crippen molar-refractivity contribution in [2.24, 2.45) is 0 Å². The van der Waals surface area contributed by atoms with Crippen LogP contribution in [0.3, 0.4) is 0 Å². The van der Waals surface area contributed by atoms with E-state index in [0.29, 0.717) is 17.7 Å². The van der Waals surface area contributed by atoms with Gasteiger partial charge >= 0.3 is 0 Å². The summed E-state index contributed by atoms with van der Waals surface area (Å²) in [7, 11) is 0. The van der Waals surface area contributed by atoms with Crippen molar-refractivity contribution in [1.29, 1.82) is 0 Å². The number of carbonyl (C=O) groups is 1. The number of benzene rings is 2. The number of carbonyl (C=O) groups excluding carboxylic acids is 1. The molecule has 0 aliphatic heterocycles. The zero-order valence-electron chi connectivity index (χ0n) is 14.4. The molecule has 0 radical (unpaired) electrons. The van der Waals surface area contributed by atoms with Gasteiger partial charge < -0.3 is 15.3 Å². The van der Waals surface area contributed by atoms with Gasteiger partial charge in [0.2, 0.25) is 0 Å². The summed E-state index contributed by atoms with van der Waals surface area (Å²) in [5.41, 5.74) is 3.03. The second-order valence-electron chi connectivity index (χ2n) is 6.27. The van der Waals surface area contributed by atoms with Gasteiger partial charge in [-0.2, -0.15) is 0 Å². The molecule has 0 heterocycles. The number of phenolic OH excluding ortho intramolecular Hbond substituents is 3. The van der Waals surface area contributed by atoms with Crippen LogP contribution in [0.1, 0.15) is 57.2 Å². The van der Waals surface area contributed by atoms with Gasteiger partial charge in [0.1, 0.15) is 17.2 Å². The van der Waals surface area contributed by atoms with Crippen molar-refractivity contribution in [2.45, 2.75) is 43.5 Å². The molecule has 0 saturated carbocycles. The van der Waals surface area contributed by atoms with E-state index in [1.165, 1.54) is 18.2 Å². The van der Waals surface area contributed by atoms with E-state index in [9.17, 15) is 20.1 Å². The quantitative estimate of drug-likeness (QED) is 0.305. The number of Topliss-reactive ketones (excluding diaryl/α,β-unsaturated/α-hetero) is 1. The third-order valence-electron chi connectivity index (χ3n) is 4.13. The Morgan fingerprint density at radius 3 is 2.32 bits per heavy atom. The Bertz CT molecular complexity index is 750. The van der Waals surface area contributed by atoms with Gasteiger partial charge in [-0.25, -0.2) is 0 Å². The molecule has 5 heteroatoms. The number of hydrogen-bond acceptors (Lipinski definition) is 4. The van der Waals surface area contributed by atoms with Crippen molar-refractivity contribution in [3.8, 4) is 17.2 Å². The third-order valence-corrected chi connectivity index (χ3v) is 5.43. The van der Waals surface area contributed by atoms with Crippen molar-refractivity contribution in [2.75, 3.05) is 0 Å². The number of aryl methyl sites for hydroxylation is 2. The van der Waals surface area contributed by atoms with Crippen LogP contribution >= 0.6 is 22.6 Å². The smallest absolute Gasteiger partial charge is 0.163 e. The zero-order chi connectivity index (χ0) is 18.6. The van der Waals surface area contributed by atoms with E-state index in [2.05, 4.69) is 29.5 Å². The van der Waals surface area contributed by atoms with Gasteiger partial charge in [-0.05, 0) is 43.0 Å². The molecule has 0 spiro atoms. The predicted octanol–water partition coefficient (Wildman–Crippen LogP) is 5.20. The zero-order valence-corrected chi connectivity index (χ0v) is 16.6. The first-order valence-electron chi connectivity index (χ1n) is 8.34. The lowest BCUT2D eigenvalue weighted by Gasteiger charge is -2.15. The average molecular weight is 454 g/mol. The fourth-order valence-corrected chi connectivity index (χ4v) is 3.93. The van der Waals surface area contributed by atoms with E-state index < -0.39 is 0 Å². The SMILES string of the molecule is CCCC(I)c1cc(CCC(=O)c2cc(O)cc(O)c2)cc(C)c1O. The molecule has 0 amide bonds. The molecule has 1 atom stereocenters. The Balaban J connectivity index is 2.16. The maximum atomic E-state index is 12.3. The molecule has 3 N–H and O–H groups in total. The number of ketones is 1. The molecule has 0 aliphatic carbocycles. The number of hydrogen-bond donors (Lipinski definition) is 3. The molecular weight excluding hydrogens is 431 g/mol. The second kappa shape index (κ2) is 8.56. The van der Waals surface area contributed by atoms with Crippen LogP contribution in [-0.4, -0.2) is 21.1 Å². The first-order chi connectivity index (χ1) is 11.8. The summed E-state index contributed by atoms with van der Waals surface area (Å²) in [6, 6.07) is 7.79. The Hall–Kier alpha value is -1.76. The summed E-state index contributed by atoms with van der Waals surface area (Å²) in [6.45, 7) is 3.98. The van der Waals surface area contributed by atoms with E-state index >= 15 is 0 Å². The second-order valence-corrected chi connectivity index (χ2v) is 7.77. The Labute approximate surface area is 161 Å². The van der Waals surface area contributed by atoms with Crippen molar-refractivity contribution >= 4 is 28.4 Å². The fourth-order valence-electron chi connectivity index (χ4n) is 2.83. The molecule has 1 unspecified atom stereocenters. The predicted molar refractivity (Wildman–Crippen MR) is 107 cm³/mol. The van der Waals surface area contributed by atoms with Crippen LogP contribution in [0.2, 0.25) is 0 Å². The largest absolute Gasteiger partial charge is 0.508 e. The lowest BCUT2D eigenvalue weighted by molar-refractivity contribution is 0.0982. The number of halogens is 1. The third kappa shape index (κ3) is 5.11. The maximum absolute atomic E-state index is 12.3. The molecule has 0 bridgehead atoms. The van der Waals surface area contributed by atoms with Crippen molar-refractivity contribution in [3.05, 3.63) is 52.6 Å². The maximum Gasteiger partial charge on any atom is 0.163 e. The van der Waals surface area contributed by atoms with Gasteiger partial charge in [0.15, 0.2) is 5.78 Å². The van der Waals surface area contributed by atoms with Crippen LogP contribution in [-0.2, 0) is 6.42 Å². The minimum absolute atomic E-state index is 0.126. The molecule has 0 saturated heterocycles. The van der Waals surface area contributed by atoms with Crippen LogP contribution in [0.4, 0.5) is 0 Å². The summed E-state index contributed by atoms with van der Waals surface area (Å²) in [6.07, 6.45) is 2.83. The first kappa shape index (κ1) is 19.6. The highest BCUT2D eigenvalue weighted by Gasteiger charge is 2.15. The standard InChI is InChI=1S/C20H23IO4/c1-3-4-18(21)17-8-13(7-12(2)20(17)25)5-6-19(24)14-9-15(22)11-16(23)10-14/h7-11,18,22-23,25H,3-6H2,1-2H3. The minimum Gasteiger partial charge on any atom is -0.508 e. The average Bonchev–Trinajstić information content (AvgIpc) is 2.54. The normalized spacial score (nSPS) is 12.1. The van der Waals surface area contributed by atoms with E-state index in [1.54, 1.807) is 0 Å². The van der Waals surface area contributed by atoms with Gasteiger partial charge in [0.25, 0.3) is 0 Å². The van der Waals surface area contributed by atoms with Crippen LogP contribution < -0.4 is 0 Å². The lowest BCUT2D eigenvalue weighted by Crippen LogP contribution is -2.02. The number of alkyl halides is 1. The molecule has 2 aromatic rings. The number of aromatic hydroxyl groups is 3. The minimum atomic E-state index is -0.141. The van der Waals surface area contributed by atoms with Crippen LogP contribution in [0.25, 0.3) is 0 Å². The summed E-state index contributed by atoms with van der Waals surface area (Å²) in [4.78, 5) is 12.3. The molecule has 0 aliphatic rings. The first-order valence-corrected chi connectivity index (χ1v) is 9.59. The van der Waals surface area contributed by atoms with Gasteiger partial charge in [-0.3, -0.25) is 4.79 Å². The monoisotopic (exact) mass is 454 g/mol. The van der Waals surface area contributed by atoms with Crippen LogP contribution in [0, 0.1) is 6.92 Å². The highest BCUT2D eigenvalue weighted by Crippen LogP contribution is 2.37. The van der Waals surface area contributed by atoms with E-state index in [0.717, 1.165) is 29.5 Å². The van der Waals surface area contributed by atoms with Gasteiger partial charge in [0, 0.05) is 27.5 Å². The van der Waals surface area contributed by atoms with Gasteiger partial charge in [-0.15, -0.1) is 0 Å². The van der Waals surface area contributed by atoms with E-state index in [1.807, 2.05) is 19.1 Å². The summed E-state index contributed by atoms with van der Waals surface area (Å²) in [5, 5.41) is 29.3. The Kier molecular flexibility index (Phi) is 6.70. The highest BCUT2D eigenvalue weighted by atomic mass is 127. The van der Waals surface area contributed by atoms with Crippen molar-refractivity contribution in [1.82, 2.24) is 0 Å². The molecule has 25 heavy (non-hydrogen) atoms. The van der Waals surface area contributed by atoms with Gasteiger partial charge in [0.05, 0.1) is 0 Å².